The number of alkyl carbamates (subject to hydrolysis) is 1. The van der Waals surface area contributed by atoms with Gasteiger partial charge in [-0.25, -0.2) is 4.79 Å². The number of hydrogen-bond donors (Lipinski definition) is 2. The van der Waals surface area contributed by atoms with E-state index in [1.54, 1.807) is 4.90 Å². The van der Waals surface area contributed by atoms with Gasteiger partial charge in [-0.3, -0.25) is 9.59 Å². The maximum atomic E-state index is 13.1. The third-order valence-corrected chi connectivity index (χ3v) is 7.39. The second-order valence-electron chi connectivity index (χ2n) is 9.60. The molecule has 1 saturated heterocycles. The Hall–Kier alpha value is -3.61. The van der Waals surface area contributed by atoms with Gasteiger partial charge in [-0.05, 0) is 47.9 Å². The van der Waals surface area contributed by atoms with Crippen LogP contribution in [-0.4, -0.2) is 53.2 Å². The quantitative estimate of drug-likeness (QED) is 0.608. The zero-order chi connectivity index (χ0) is 24.4. The van der Waals surface area contributed by atoms with E-state index >= 15 is 0 Å². The molecule has 3 atom stereocenters. The molecule has 0 aromatic heterocycles. The first-order valence-corrected chi connectivity index (χ1v) is 12.3. The summed E-state index contributed by atoms with van der Waals surface area (Å²) in [5, 5.41) is 12.0. The number of carbonyl (C=O) groups excluding carboxylic acids is 2. The van der Waals surface area contributed by atoms with Crippen molar-refractivity contribution in [3.05, 3.63) is 71.8 Å². The number of nitrogens with zero attached hydrogens (tertiary/aromatic N) is 1. The smallest absolute Gasteiger partial charge is 0.407 e. The number of allylic oxidation sites excluding steroid dienone is 1. The third kappa shape index (κ3) is 4.81. The van der Waals surface area contributed by atoms with Gasteiger partial charge in [-0.1, -0.05) is 60.7 Å². The minimum Gasteiger partial charge on any atom is -0.481 e. The summed E-state index contributed by atoms with van der Waals surface area (Å²) in [5.41, 5.74) is 4.67. The van der Waals surface area contributed by atoms with Gasteiger partial charge in [0.1, 0.15) is 6.61 Å². The Labute approximate surface area is 204 Å². The number of carbonyl (C=O) groups is 3. The lowest BCUT2D eigenvalue weighted by Gasteiger charge is -2.31. The molecule has 1 fully saturated rings. The number of fused-ring (bicyclic) bond motifs is 3. The number of benzene rings is 2. The molecule has 2 aliphatic carbocycles. The number of carboxylic acids is 1. The Morgan fingerprint density at radius 3 is 2.40 bits per heavy atom. The van der Waals surface area contributed by atoms with E-state index in [1.807, 2.05) is 36.4 Å². The van der Waals surface area contributed by atoms with Crippen molar-refractivity contribution in [1.82, 2.24) is 10.2 Å². The third-order valence-electron chi connectivity index (χ3n) is 7.39. The number of ether oxygens (including phenoxy) is 1. The van der Waals surface area contributed by atoms with Gasteiger partial charge in [0.2, 0.25) is 5.91 Å². The first kappa shape index (κ1) is 23.1. The van der Waals surface area contributed by atoms with Crippen molar-refractivity contribution in [3.8, 4) is 11.1 Å². The monoisotopic (exact) mass is 474 g/mol. The Kier molecular flexibility index (Phi) is 6.57. The van der Waals surface area contributed by atoms with Gasteiger partial charge < -0.3 is 20.1 Å². The van der Waals surface area contributed by atoms with Crippen molar-refractivity contribution in [3.63, 3.8) is 0 Å². The van der Waals surface area contributed by atoms with E-state index in [1.165, 1.54) is 11.1 Å². The normalized spacial score (nSPS) is 23.0. The van der Waals surface area contributed by atoms with Crippen LogP contribution in [0, 0.1) is 5.92 Å². The summed E-state index contributed by atoms with van der Waals surface area (Å²) in [6, 6.07) is 15.9. The number of amides is 2. The molecule has 0 radical (unpaired) electrons. The van der Waals surface area contributed by atoms with Crippen molar-refractivity contribution in [1.29, 1.82) is 0 Å². The van der Waals surface area contributed by atoms with Gasteiger partial charge in [0.25, 0.3) is 0 Å². The summed E-state index contributed by atoms with van der Waals surface area (Å²) in [4.78, 5) is 38.7. The van der Waals surface area contributed by atoms with Gasteiger partial charge in [0.15, 0.2) is 0 Å². The molecule has 2 unspecified atom stereocenters. The number of likely N-dealkylation sites (tertiary alicyclic amines) is 1. The Morgan fingerprint density at radius 2 is 1.71 bits per heavy atom. The van der Waals surface area contributed by atoms with E-state index < -0.39 is 12.1 Å². The highest BCUT2D eigenvalue weighted by Gasteiger charge is 2.36. The van der Waals surface area contributed by atoms with E-state index in [2.05, 4.69) is 29.6 Å². The molecule has 7 nitrogen and oxygen atoms in total. The zero-order valence-corrected chi connectivity index (χ0v) is 19.6. The molecule has 2 amide bonds. The summed E-state index contributed by atoms with van der Waals surface area (Å²) in [6.45, 7) is 0.838. The summed E-state index contributed by atoms with van der Waals surface area (Å²) in [5.74, 6) is -1.18. The van der Waals surface area contributed by atoms with Crippen LogP contribution in [0.4, 0.5) is 4.79 Å². The van der Waals surface area contributed by atoms with Crippen LogP contribution in [-0.2, 0) is 14.3 Å². The predicted octanol–water partition coefficient (Wildman–Crippen LogP) is 4.33. The van der Waals surface area contributed by atoms with Crippen LogP contribution >= 0.6 is 0 Å². The molecule has 182 valence electrons. The van der Waals surface area contributed by atoms with Crippen LogP contribution in [0.25, 0.3) is 11.1 Å². The van der Waals surface area contributed by atoms with E-state index in [4.69, 9.17) is 9.84 Å². The predicted molar refractivity (Wildman–Crippen MR) is 131 cm³/mol. The first-order chi connectivity index (χ1) is 17.0. The Morgan fingerprint density at radius 1 is 1.03 bits per heavy atom. The molecule has 0 saturated carbocycles. The molecule has 2 aromatic carbocycles. The molecular formula is C28H30N2O5. The fraction of sp³-hybridized carbons (Fsp3) is 0.393. The number of rotatable bonds is 6. The number of carboxylic acid groups (broad SMARTS) is 1. The van der Waals surface area contributed by atoms with E-state index in [0.29, 0.717) is 19.4 Å². The number of aliphatic carboxylic acids is 1. The van der Waals surface area contributed by atoms with Gasteiger partial charge >= 0.3 is 12.1 Å². The SMILES string of the molecule is O=C(O)C[C@H]1CCCN1C(=O)C1CC=CC(NC(=O)OCC2c3ccccc3-c3ccccc32)C1. The molecule has 3 aliphatic rings. The fourth-order valence-electron chi connectivity index (χ4n) is 5.76. The zero-order valence-electron chi connectivity index (χ0n) is 19.6. The molecule has 35 heavy (non-hydrogen) atoms. The van der Waals surface area contributed by atoms with Crippen LogP contribution in [0.2, 0.25) is 0 Å². The van der Waals surface area contributed by atoms with Crippen LogP contribution in [0.1, 0.15) is 49.1 Å². The summed E-state index contributed by atoms with van der Waals surface area (Å²) >= 11 is 0. The average molecular weight is 475 g/mol. The van der Waals surface area contributed by atoms with Crippen LogP contribution < -0.4 is 5.32 Å². The van der Waals surface area contributed by atoms with Gasteiger partial charge in [-0.2, -0.15) is 0 Å². The second kappa shape index (κ2) is 9.94. The van der Waals surface area contributed by atoms with E-state index in [9.17, 15) is 14.4 Å². The van der Waals surface area contributed by atoms with E-state index in [-0.39, 0.29) is 42.9 Å². The van der Waals surface area contributed by atoms with E-state index in [0.717, 1.165) is 24.0 Å². The maximum absolute atomic E-state index is 13.1. The molecule has 2 aromatic rings. The van der Waals surface area contributed by atoms with Gasteiger partial charge in [-0.15, -0.1) is 0 Å². The largest absolute Gasteiger partial charge is 0.481 e. The molecule has 1 heterocycles. The number of nitrogens with one attached hydrogen (secondary N) is 1. The van der Waals surface area contributed by atoms with Crippen LogP contribution in [0.15, 0.2) is 60.7 Å². The standard InChI is InChI=1S/C28H30N2O5/c31-26(32)16-20-9-6-14-30(20)27(33)18-7-5-8-19(15-18)29-28(34)35-17-25-23-12-3-1-10-21(23)22-11-2-4-13-24(22)25/h1-5,8,10-13,18-20,25H,6-7,9,14-17H2,(H,29,34)(H,31,32)/t18?,19?,20-/m1/s1. The van der Waals surface area contributed by atoms with Gasteiger partial charge in [0, 0.05) is 24.4 Å². The van der Waals surface area contributed by atoms with Crippen molar-refractivity contribution in [2.75, 3.05) is 13.2 Å². The highest BCUT2D eigenvalue weighted by molar-refractivity contribution is 5.81. The van der Waals surface area contributed by atoms with Crippen molar-refractivity contribution < 1.29 is 24.2 Å². The maximum Gasteiger partial charge on any atom is 0.407 e. The molecule has 0 spiro atoms. The molecular weight excluding hydrogens is 444 g/mol. The Balaban J connectivity index is 1.18. The summed E-state index contributed by atoms with van der Waals surface area (Å²) in [6.07, 6.45) is 5.94. The minimum atomic E-state index is -0.881. The lowest BCUT2D eigenvalue weighted by atomic mass is 9.89. The number of hydrogen-bond acceptors (Lipinski definition) is 4. The molecule has 0 bridgehead atoms. The lowest BCUT2D eigenvalue weighted by molar-refractivity contribution is -0.141. The van der Waals surface area contributed by atoms with Gasteiger partial charge in [0.05, 0.1) is 12.5 Å². The van der Waals surface area contributed by atoms with Crippen LogP contribution in [0.5, 0.6) is 0 Å². The summed E-state index contributed by atoms with van der Waals surface area (Å²) < 4.78 is 5.65. The molecule has 2 N–H and O–H groups in total. The molecule has 5 rings (SSSR count). The van der Waals surface area contributed by atoms with Crippen molar-refractivity contribution >= 4 is 18.0 Å². The highest BCUT2D eigenvalue weighted by atomic mass is 16.5. The topological polar surface area (TPSA) is 95.9 Å². The Bertz CT molecular complexity index is 1110. The minimum absolute atomic E-state index is 0.00860. The van der Waals surface area contributed by atoms with Crippen molar-refractivity contribution in [2.24, 2.45) is 5.92 Å². The lowest BCUT2D eigenvalue weighted by Crippen LogP contribution is -2.44. The second-order valence-corrected chi connectivity index (χ2v) is 9.60. The molecule has 7 heteroatoms. The van der Waals surface area contributed by atoms with Crippen LogP contribution in [0.3, 0.4) is 0 Å². The first-order valence-electron chi connectivity index (χ1n) is 12.3. The summed E-state index contributed by atoms with van der Waals surface area (Å²) in [7, 11) is 0. The van der Waals surface area contributed by atoms with Crippen molar-refractivity contribution in [2.45, 2.75) is 50.1 Å². The fourth-order valence-corrected chi connectivity index (χ4v) is 5.76. The molecule has 1 aliphatic heterocycles. The highest BCUT2D eigenvalue weighted by Crippen LogP contribution is 2.44. The average Bonchev–Trinajstić information content (AvgIpc) is 3.44.